The number of carbonyl (C=O) groups is 2. The van der Waals surface area contributed by atoms with Crippen LogP contribution in [0.2, 0.25) is 0 Å². The maximum absolute atomic E-state index is 12.0. The van der Waals surface area contributed by atoms with Crippen LogP contribution in [0.5, 0.6) is 0 Å². The van der Waals surface area contributed by atoms with Crippen LogP contribution in [0.4, 0.5) is 5.13 Å². The summed E-state index contributed by atoms with van der Waals surface area (Å²) in [6.07, 6.45) is 0.212. The van der Waals surface area contributed by atoms with Gasteiger partial charge in [0.25, 0.3) is 5.91 Å². The summed E-state index contributed by atoms with van der Waals surface area (Å²) in [6, 6.07) is 5.90. The minimum Gasteiger partial charge on any atom is -0.351 e. The fourth-order valence-corrected chi connectivity index (χ4v) is 4.09. The predicted molar refractivity (Wildman–Crippen MR) is 99.0 cm³/mol. The Hall–Kier alpha value is -2.25. The molecule has 2 N–H and O–H groups in total. The molecule has 2 aromatic heterocycles. The second kappa shape index (κ2) is 7.11. The van der Waals surface area contributed by atoms with Gasteiger partial charge < -0.3 is 10.6 Å². The van der Waals surface area contributed by atoms with E-state index < -0.39 is 0 Å². The molecule has 7 heteroatoms. The van der Waals surface area contributed by atoms with Gasteiger partial charge in [0.05, 0.1) is 10.2 Å². The summed E-state index contributed by atoms with van der Waals surface area (Å²) in [5.74, 6) is -0.316. The maximum Gasteiger partial charge on any atom is 0.252 e. The van der Waals surface area contributed by atoms with Gasteiger partial charge in [0.15, 0.2) is 5.13 Å². The molecule has 24 heavy (non-hydrogen) atoms. The smallest absolute Gasteiger partial charge is 0.252 e. The number of hydrogen-bond acceptors (Lipinski definition) is 5. The second-order valence-electron chi connectivity index (χ2n) is 5.51. The summed E-state index contributed by atoms with van der Waals surface area (Å²) in [5.41, 5.74) is 3.83. The van der Waals surface area contributed by atoms with E-state index in [1.165, 1.54) is 28.2 Å². The lowest BCUT2D eigenvalue weighted by molar-refractivity contribution is -0.116. The summed E-state index contributed by atoms with van der Waals surface area (Å²) in [4.78, 5) is 28.3. The molecule has 3 aromatic rings. The number of fused-ring (bicyclic) bond motifs is 1. The summed E-state index contributed by atoms with van der Waals surface area (Å²) in [5, 5.41) is 9.76. The van der Waals surface area contributed by atoms with E-state index in [2.05, 4.69) is 27.8 Å². The number of benzene rings is 1. The Morgan fingerprint density at radius 2 is 2.08 bits per heavy atom. The third-order valence-electron chi connectivity index (χ3n) is 3.50. The Bertz CT molecular complexity index is 885. The molecule has 0 saturated heterocycles. The highest BCUT2D eigenvalue weighted by atomic mass is 32.1. The molecule has 1 aromatic carbocycles. The first kappa shape index (κ1) is 16.6. The van der Waals surface area contributed by atoms with Gasteiger partial charge in [0.1, 0.15) is 0 Å². The average molecular weight is 359 g/mol. The van der Waals surface area contributed by atoms with Crippen molar-refractivity contribution in [3.63, 3.8) is 0 Å². The van der Waals surface area contributed by atoms with Crippen molar-refractivity contribution in [1.29, 1.82) is 0 Å². The first-order valence-electron chi connectivity index (χ1n) is 7.51. The number of hydrogen-bond donors (Lipinski definition) is 2. The zero-order chi connectivity index (χ0) is 17.1. The predicted octanol–water partition coefficient (Wildman–Crippen LogP) is 3.73. The Balaban J connectivity index is 1.55. The fourth-order valence-electron chi connectivity index (χ4n) is 2.39. The van der Waals surface area contributed by atoms with Crippen molar-refractivity contribution >= 4 is 49.8 Å². The van der Waals surface area contributed by atoms with Crippen molar-refractivity contribution in [2.45, 2.75) is 20.3 Å². The number of amides is 2. The molecule has 0 aliphatic rings. The molecule has 0 atom stereocenters. The molecule has 2 heterocycles. The van der Waals surface area contributed by atoms with E-state index in [-0.39, 0.29) is 18.2 Å². The highest BCUT2D eigenvalue weighted by Gasteiger charge is 2.11. The molecular weight excluding hydrogens is 342 g/mol. The van der Waals surface area contributed by atoms with Crippen molar-refractivity contribution in [2.24, 2.45) is 0 Å². The number of rotatable bonds is 5. The van der Waals surface area contributed by atoms with Gasteiger partial charge in [0.2, 0.25) is 5.91 Å². The van der Waals surface area contributed by atoms with E-state index in [1.807, 2.05) is 19.2 Å². The van der Waals surface area contributed by atoms with Crippen LogP contribution in [0.15, 0.2) is 29.0 Å². The maximum atomic E-state index is 12.0. The standard InChI is InChI=1S/C17H17N3O2S2/c1-10-7-11(2)15-13(8-10)24-17(20-15)19-14(21)3-5-18-16(22)12-4-6-23-9-12/h4,6-9H,3,5H2,1-2H3,(H,18,22)(H,19,20,21). The van der Waals surface area contributed by atoms with Crippen molar-refractivity contribution in [1.82, 2.24) is 10.3 Å². The molecule has 5 nitrogen and oxygen atoms in total. The summed E-state index contributed by atoms with van der Waals surface area (Å²) in [7, 11) is 0. The molecule has 0 aliphatic heterocycles. The van der Waals surface area contributed by atoms with Gasteiger partial charge in [-0.05, 0) is 42.5 Å². The number of thiazole rings is 1. The molecule has 3 rings (SSSR count). The van der Waals surface area contributed by atoms with E-state index in [1.54, 1.807) is 11.4 Å². The topological polar surface area (TPSA) is 71.1 Å². The molecule has 0 unspecified atom stereocenters. The fraction of sp³-hybridized carbons (Fsp3) is 0.235. The summed E-state index contributed by atoms with van der Waals surface area (Å²) >= 11 is 2.93. The lowest BCUT2D eigenvalue weighted by Gasteiger charge is -2.03. The van der Waals surface area contributed by atoms with Gasteiger partial charge in [0, 0.05) is 23.9 Å². The monoisotopic (exact) mass is 359 g/mol. The first-order chi connectivity index (χ1) is 11.5. The Labute approximate surface area is 147 Å². The highest BCUT2D eigenvalue weighted by Crippen LogP contribution is 2.29. The molecule has 0 bridgehead atoms. The molecule has 0 spiro atoms. The van der Waals surface area contributed by atoms with Crippen LogP contribution in [-0.4, -0.2) is 23.3 Å². The van der Waals surface area contributed by atoms with Crippen LogP contribution in [0, 0.1) is 13.8 Å². The van der Waals surface area contributed by atoms with Crippen molar-refractivity contribution < 1.29 is 9.59 Å². The normalized spacial score (nSPS) is 10.8. The molecule has 0 aliphatic carbocycles. The lowest BCUT2D eigenvalue weighted by atomic mass is 10.1. The molecule has 2 amide bonds. The third-order valence-corrected chi connectivity index (χ3v) is 5.10. The number of nitrogens with one attached hydrogen (secondary N) is 2. The summed E-state index contributed by atoms with van der Waals surface area (Å²) < 4.78 is 1.06. The van der Waals surface area contributed by atoms with E-state index in [0.29, 0.717) is 17.2 Å². The van der Waals surface area contributed by atoms with E-state index in [0.717, 1.165) is 15.8 Å². The number of carbonyl (C=O) groups excluding carboxylic acids is 2. The van der Waals surface area contributed by atoms with Gasteiger partial charge in [-0.15, -0.1) is 0 Å². The Morgan fingerprint density at radius 1 is 1.25 bits per heavy atom. The lowest BCUT2D eigenvalue weighted by Crippen LogP contribution is -2.27. The van der Waals surface area contributed by atoms with Crippen LogP contribution in [0.25, 0.3) is 10.2 Å². The van der Waals surface area contributed by atoms with Crippen molar-refractivity contribution in [2.75, 3.05) is 11.9 Å². The largest absolute Gasteiger partial charge is 0.351 e. The van der Waals surface area contributed by atoms with Crippen molar-refractivity contribution in [3.05, 3.63) is 45.6 Å². The highest BCUT2D eigenvalue weighted by molar-refractivity contribution is 7.22. The minimum absolute atomic E-state index is 0.157. The van der Waals surface area contributed by atoms with Gasteiger partial charge in [-0.2, -0.15) is 11.3 Å². The number of nitrogens with zero attached hydrogens (tertiary/aromatic N) is 1. The quantitative estimate of drug-likeness (QED) is 0.729. The second-order valence-corrected chi connectivity index (χ2v) is 7.32. The third kappa shape index (κ3) is 3.80. The minimum atomic E-state index is -0.158. The summed E-state index contributed by atoms with van der Waals surface area (Å²) in [6.45, 7) is 4.35. The number of anilines is 1. The van der Waals surface area contributed by atoms with Crippen LogP contribution in [-0.2, 0) is 4.79 Å². The first-order valence-corrected chi connectivity index (χ1v) is 9.27. The van der Waals surface area contributed by atoms with Gasteiger partial charge in [-0.1, -0.05) is 17.4 Å². The van der Waals surface area contributed by atoms with E-state index in [9.17, 15) is 9.59 Å². The molecule has 124 valence electrons. The Morgan fingerprint density at radius 3 is 2.83 bits per heavy atom. The molecule has 0 fully saturated rings. The number of aryl methyl sites for hydroxylation is 2. The Kier molecular flexibility index (Phi) is 4.92. The van der Waals surface area contributed by atoms with Crippen LogP contribution < -0.4 is 10.6 Å². The van der Waals surface area contributed by atoms with Gasteiger partial charge >= 0.3 is 0 Å². The van der Waals surface area contributed by atoms with E-state index in [4.69, 9.17) is 0 Å². The van der Waals surface area contributed by atoms with E-state index >= 15 is 0 Å². The zero-order valence-corrected chi connectivity index (χ0v) is 15.0. The molecule has 0 saturated carbocycles. The van der Waals surface area contributed by atoms with Gasteiger partial charge in [-0.3, -0.25) is 9.59 Å². The van der Waals surface area contributed by atoms with Crippen LogP contribution in [0.1, 0.15) is 27.9 Å². The number of aromatic nitrogens is 1. The average Bonchev–Trinajstić information content (AvgIpc) is 3.16. The molecular formula is C17H17N3O2S2. The number of thiophene rings is 1. The zero-order valence-electron chi connectivity index (χ0n) is 13.4. The van der Waals surface area contributed by atoms with Gasteiger partial charge in [-0.25, -0.2) is 4.98 Å². The molecule has 0 radical (unpaired) electrons. The SMILES string of the molecule is Cc1cc(C)c2nc(NC(=O)CCNC(=O)c3ccsc3)sc2c1. The van der Waals surface area contributed by atoms with Crippen LogP contribution in [0.3, 0.4) is 0 Å². The van der Waals surface area contributed by atoms with Crippen molar-refractivity contribution in [3.8, 4) is 0 Å². The van der Waals surface area contributed by atoms with Crippen LogP contribution >= 0.6 is 22.7 Å².